The number of H-pyrrole nitrogens is 1. The first-order chi connectivity index (χ1) is 25.1. The lowest BCUT2D eigenvalue weighted by molar-refractivity contribution is -0.187. The highest BCUT2D eigenvalue weighted by molar-refractivity contribution is 7.10. The van der Waals surface area contributed by atoms with Gasteiger partial charge in [-0.2, -0.15) is 0 Å². The van der Waals surface area contributed by atoms with E-state index in [2.05, 4.69) is 32.6 Å². The molecule has 12 nitrogen and oxygen atoms in total. The maximum absolute atomic E-state index is 12.7. The zero-order valence-corrected chi connectivity index (χ0v) is 31.1. The average molecular weight is 769 g/mol. The van der Waals surface area contributed by atoms with Gasteiger partial charge in [0, 0.05) is 47.4 Å². The number of nitrogens with one attached hydrogen (secondary N) is 2. The highest BCUT2D eigenvalue weighted by Gasteiger charge is 2.62. The Morgan fingerprint density at radius 3 is 2.57 bits per heavy atom. The number of aliphatic hydroxyl groups is 2. The van der Waals surface area contributed by atoms with Crippen LogP contribution in [0.15, 0.2) is 64.8 Å². The number of aliphatic carboxylic acids is 1. The number of aryl methyl sites for hydroxylation is 1. The molecule has 5 aromatic rings. The molecular formula is C39H50F2N6O6S. The third-order valence-corrected chi connectivity index (χ3v) is 12.9. The van der Waals surface area contributed by atoms with Crippen LogP contribution in [0.4, 0.5) is 9.41 Å². The van der Waals surface area contributed by atoms with Gasteiger partial charge in [0.1, 0.15) is 11.3 Å². The molecule has 0 bridgehead atoms. The number of pyridine rings is 1. The smallest absolute Gasteiger partial charge is 0.341 e. The van der Waals surface area contributed by atoms with Crippen molar-refractivity contribution < 1.29 is 34.6 Å². The van der Waals surface area contributed by atoms with E-state index in [1.807, 2.05) is 34.3 Å². The molecule has 2 atom stereocenters. The van der Waals surface area contributed by atoms with E-state index < -0.39 is 23.1 Å². The molecule has 2 fully saturated rings. The molecule has 2 saturated carbocycles. The molecule has 15 heteroatoms. The van der Waals surface area contributed by atoms with Crippen molar-refractivity contribution >= 4 is 39.2 Å². The van der Waals surface area contributed by atoms with Crippen LogP contribution < -0.4 is 10.9 Å². The van der Waals surface area contributed by atoms with Crippen LogP contribution in [0, 0.1) is 11.3 Å². The van der Waals surface area contributed by atoms with Gasteiger partial charge in [0.25, 0.3) is 0 Å². The first-order valence-corrected chi connectivity index (χ1v) is 19.2. The van der Waals surface area contributed by atoms with E-state index in [0.717, 1.165) is 87.5 Å². The third-order valence-electron chi connectivity index (χ3n) is 11.9. The molecule has 292 valence electrons. The summed E-state index contributed by atoms with van der Waals surface area (Å²) in [7, 11) is 2.18. The molecule has 7 rings (SSSR count). The van der Waals surface area contributed by atoms with Crippen molar-refractivity contribution in [1.29, 1.82) is 0 Å². The average Bonchev–Trinajstić information content (AvgIpc) is 3.94. The number of nitrogens with zero attached hydrogens (tertiary/aromatic N) is 4. The Kier molecular flexibility index (Phi) is 12.9. The lowest BCUT2D eigenvalue weighted by Gasteiger charge is -2.50. The molecule has 2 aromatic carbocycles. The fourth-order valence-corrected chi connectivity index (χ4v) is 10.1. The second kappa shape index (κ2) is 17.0. The number of rotatable bonds is 14. The molecule has 2 aliphatic rings. The largest absolute Gasteiger partial charge is 0.506 e. The molecule has 6 N–H and O–H groups in total. The Morgan fingerprint density at radius 2 is 1.87 bits per heavy atom. The van der Waals surface area contributed by atoms with Gasteiger partial charge in [0.15, 0.2) is 0 Å². The van der Waals surface area contributed by atoms with Crippen molar-refractivity contribution in [3.8, 4) is 5.75 Å². The van der Waals surface area contributed by atoms with Crippen LogP contribution in [0.1, 0.15) is 79.9 Å². The fraction of sp³-hybridized carbons (Fsp3) is 0.487. The van der Waals surface area contributed by atoms with Gasteiger partial charge in [-0.25, -0.2) is 9.48 Å². The van der Waals surface area contributed by atoms with Gasteiger partial charge in [-0.15, -0.1) is 16.4 Å². The van der Waals surface area contributed by atoms with Gasteiger partial charge in [-0.05, 0) is 111 Å². The molecule has 3 aromatic heterocycles. The molecule has 0 unspecified atom stereocenters. The lowest BCUT2D eigenvalue weighted by Crippen LogP contribution is -2.55. The van der Waals surface area contributed by atoms with E-state index in [4.69, 9.17) is 0 Å². The van der Waals surface area contributed by atoms with Gasteiger partial charge in [0.2, 0.25) is 11.2 Å². The van der Waals surface area contributed by atoms with Crippen LogP contribution in [0.3, 0.4) is 0 Å². The number of thiophene rings is 1. The van der Waals surface area contributed by atoms with E-state index in [0.29, 0.717) is 33.9 Å². The predicted molar refractivity (Wildman–Crippen MR) is 205 cm³/mol. The van der Waals surface area contributed by atoms with Crippen molar-refractivity contribution in [3.05, 3.63) is 86.3 Å². The highest BCUT2D eigenvalue weighted by atomic mass is 32.1. The normalized spacial score (nSPS) is 20.0. The molecule has 54 heavy (non-hydrogen) atoms. The Morgan fingerprint density at radius 1 is 1.11 bits per heavy atom. The van der Waals surface area contributed by atoms with Gasteiger partial charge in [-0.1, -0.05) is 36.3 Å². The zero-order valence-electron chi connectivity index (χ0n) is 30.3. The maximum Gasteiger partial charge on any atom is 0.341 e. The Balaban J connectivity index is 0.00000280. The van der Waals surface area contributed by atoms with E-state index in [1.54, 1.807) is 18.2 Å². The summed E-state index contributed by atoms with van der Waals surface area (Å²) in [6.45, 7) is 2.44. The summed E-state index contributed by atoms with van der Waals surface area (Å²) in [6, 6.07) is 16.2. The number of hydrogen-bond acceptors (Lipinski definition) is 10. The second-order valence-electron chi connectivity index (χ2n) is 14.8. The van der Waals surface area contributed by atoms with Crippen molar-refractivity contribution in [3.63, 3.8) is 0 Å². The summed E-state index contributed by atoms with van der Waals surface area (Å²) >= 11 is 1.35. The van der Waals surface area contributed by atoms with Gasteiger partial charge >= 0.3 is 5.97 Å². The third kappa shape index (κ3) is 7.65. The number of aromatic nitrogens is 4. The number of benzene rings is 2. The molecule has 0 aliphatic heterocycles. The van der Waals surface area contributed by atoms with Crippen LogP contribution >= 0.6 is 11.3 Å². The minimum Gasteiger partial charge on any atom is -0.506 e. The monoisotopic (exact) mass is 768 g/mol. The molecule has 0 saturated heterocycles. The molecule has 0 spiro atoms. The number of carbonyl (C=O) groups is 1. The SMILES string of the molecule is CN(CCCn1nnc2cc(CNC[C@H](O)c3ccc(O)c4[nH]c(=O)ccc34)ccc21)C1CCC(C2([C@](O)(C(=O)O)c3cccs3)CCCC2)CC1.F.F. The second-order valence-corrected chi connectivity index (χ2v) is 15.7. The quantitative estimate of drug-likeness (QED) is 0.0836. The standard InChI is InChI=1S/C39H48N6O6S.2FH/c1-44(27-10-8-26(9-11-27)38(17-2-3-18-38)39(51,37(49)50)34-6-4-21-52-34)19-5-20-45-31-14-7-25(22-30(31)42-43-45)23-40-24-33(47)28-12-15-32(46)36-29(28)13-16-35(48)41-36;;/h4,6-7,12-16,21-22,26-27,33,40,46-47,51H,2-3,5,8-11,17-20,23-24H2,1H3,(H,41,48)(H,49,50);2*1H/t26?,27?,33-,39+;;/m0../s1. The van der Waals surface area contributed by atoms with Crippen LogP contribution in [-0.4, -0.2) is 77.5 Å². The number of aliphatic hydroxyl groups excluding tert-OH is 1. The lowest BCUT2D eigenvalue weighted by atomic mass is 9.58. The first kappa shape index (κ1) is 40.9. The molecular weight excluding hydrogens is 719 g/mol. The zero-order chi connectivity index (χ0) is 36.5. The Hall–Kier alpha value is -4.28. The summed E-state index contributed by atoms with van der Waals surface area (Å²) in [5, 5.41) is 57.9. The fourth-order valence-electron chi connectivity index (χ4n) is 9.15. The number of carboxylic acid groups (broad SMARTS) is 1. The van der Waals surface area contributed by atoms with Gasteiger partial charge in [0.05, 0.1) is 17.1 Å². The number of aromatic hydroxyl groups is 1. The minimum absolute atomic E-state index is 0. The van der Waals surface area contributed by atoms with Crippen molar-refractivity contribution in [2.24, 2.45) is 11.3 Å². The number of phenolic OH excluding ortho intramolecular Hbond substituents is 1. The molecule has 3 heterocycles. The van der Waals surface area contributed by atoms with Gasteiger partial charge < -0.3 is 35.6 Å². The minimum atomic E-state index is -1.84. The number of aromatic amines is 1. The van der Waals surface area contributed by atoms with E-state index in [9.17, 15) is 30.0 Å². The summed E-state index contributed by atoms with van der Waals surface area (Å²) in [5.74, 6) is -0.968. The predicted octanol–water partition coefficient (Wildman–Crippen LogP) is 5.58. The summed E-state index contributed by atoms with van der Waals surface area (Å²) < 4.78 is 1.95. The number of hydrogen-bond donors (Lipinski definition) is 6. The number of halogens is 2. The number of carboxylic acids is 1. The molecule has 0 amide bonds. The van der Waals surface area contributed by atoms with E-state index >= 15 is 0 Å². The summed E-state index contributed by atoms with van der Waals surface area (Å²) in [4.78, 5) is 30.1. The van der Waals surface area contributed by atoms with E-state index in [-0.39, 0.29) is 33.2 Å². The Labute approximate surface area is 315 Å². The van der Waals surface area contributed by atoms with Crippen molar-refractivity contribution in [2.75, 3.05) is 20.1 Å². The summed E-state index contributed by atoms with van der Waals surface area (Å²) in [5.41, 5.74) is 0.937. The molecule has 0 radical (unpaired) electrons. The van der Waals surface area contributed by atoms with Crippen LogP contribution in [0.25, 0.3) is 21.9 Å². The maximum atomic E-state index is 12.7. The topological polar surface area (TPSA) is 177 Å². The van der Waals surface area contributed by atoms with Crippen molar-refractivity contribution in [2.45, 2.75) is 88.6 Å². The first-order valence-electron chi connectivity index (χ1n) is 18.4. The summed E-state index contributed by atoms with van der Waals surface area (Å²) in [6.07, 6.45) is 7.36. The number of phenols is 1. The van der Waals surface area contributed by atoms with E-state index in [1.165, 1.54) is 23.5 Å². The number of fused-ring (bicyclic) bond motifs is 2. The van der Waals surface area contributed by atoms with Crippen LogP contribution in [0.2, 0.25) is 0 Å². The highest BCUT2D eigenvalue weighted by Crippen LogP contribution is 2.60. The molecule has 2 aliphatic carbocycles. The van der Waals surface area contributed by atoms with Crippen LogP contribution in [-0.2, 0) is 23.5 Å². The van der Waals surface area contributed by atoms with Crippen LogP contribution in [0.5, 0.6) is 5.75 Å². The van der Waals surface area contributed by atoms with Gasteiger partial charge in [-0.3, -0.25) is 14.2 Å². The Bertz CT molecular complexity index is 2080. The van der Waals surface area contributed by atoms with Crippen molar-refractivity contribution in [1.82, 2.24) is 30.2 Å².